The fraction of sp³-hybridized carbons (Fsp3) is 0.700. The molecule has 0 aromatic carbocycles. The van der Waals surface area contributed by atoms with Gasteiger partial charge in [0.1, 0.15) is 0 Å². The first-order valence-electron chi connectivity index (χ1n) is 9.85. The third kappa shape index (κ3) is 2.87. The van der Waals surface area contributed by atoms with Crippen LogP contribution in [-0.4, -0.2) is 48.1 Å². The number of fused-ring (bicyclic) bond motifs is 1. The van der Waals surface area contributed by atoms with Crippen LogP contribution in [0.3, 0.4) is 0 Å². The Hall–Kier alpha value is -1.40. The van der Waals surface area contributed by atoms with E-state index in [1.54, 1.807) is 11.3 Å². The molecule has 1 aromatic heterocycles. The lowest BCUT2D eigenvalue weighted by atomic mass is 9.73. The quantitative estimate of drug-likeness (QED) is 0.830. The van der Waals surface area contributed by atoms with Crippen molar-refractivity contribution in [2.75, 3.05) is 19.6 Å². The van der Waals surface area contributed by atoms with Gasteiger partial charge in [-0.05, 0) is 37.1 Å². The van der Waals surface area contributed by atoms with Crippen molar-refractivity contribution in [3.8, 4) is 0 Å². The molecular weight excluding hydrogens is 348 g/mol. The SMILES string of the molecule is CCC(CC)C(=O)NC[C@H]1[C@H]2CN(C(=O)c3ccsc3)C[C@]23CC[C@H]1O3. The van der Waals surface area contributed by atoms with Crippen LogP contribution in [0.2, 0.25) is 0 Å². The molecule has 1 N–H and O–H groups in total. The Morgan fingerprint density at radius 3 is 2.92 bits per heavy atom. The fourth-order valence-electron chi connectivity index (χ4n) is 5.21. The third-order valence-corrected chi connectivity index (χ3v) is 7.39. The molecule has 3 saturated heterocycles. The minimum absolute atomic E-state index is 0.101. The maximum Gasteiger partial charge on any atom is 0.254 e. The summed E-state index contributed by atoms with van der Waals surface area (Å²) < 4.78 is 6.40. The predicted molar refractivity (Wildman–Crippen MR) is 101 cm³/mol. The molecule has 0 saturated carbocycles. The summed E-state index contributed by atoms with van der Waals surface area (Å²) in [5.41, 5.74) is 0.597. The number of hydrogen-bond acceptors (Lipinski definition) is 4. The van der Waals surface area contributed by atoms with E-state index in [1.165, 1.54) is 0 Å². The Kier molecular flexibility index (Phi) is 4.82. The zero-order valence-corrected chi connectivity index (χ0v) is 16.4. The van der Waals surface area contributed by atoms with Crippen molar-refractivity contribution in [2.24, 2.45) is 17.8 Å². The molecule has 6 heteroatoms. The summed E-state index contributed by atoms with van der Waals surface area (Å²) in [5, 5.41) is 7.03. The summed E-state index contributed by atoms with van der Waals surface area (Å²) in [5.74, 6) is 1.04. The van der Waals surface area contributed by atoms with Crippen molar-refractivity contribution >= 4 is 23.2 Å². The fourth-order valence-corrected chi connectivity index (χ4v) is 5.84. The molecule has 1 aromatic rings. The first-order valence-corrected chi connectivity index (χ1v) is 10.8. The maximum absolute atomic E-state index is 12.8. The summed E-state index contributed by atoms with van der Waals surface area (Å²) in [6.45, 7) is 6.24. The van der Waals surface area contributed by atoms with Gasteiger partial charge in [-0.2, -0.15) is 11.3 Å². The molecule has 2 amide bonds. The van der Waals surface area contributed by atoms with Gasteiger partial charge in [0.15, 0.2) is 0 Å². The topological polar surface area (TPSA) is 58.6 Å². The Bertz CT molecular complexity index is 673. The zero-order chi connectivity index (χ0) is 18.3. The second-order valence-corrected chi connectivity index (χ2v) is 8.77. The second-order valence-electron chi connectivity index (χ2n) is 7.99. The molecule has 3 fully saturated rings. The van der Waals surface area contributed by atoms with Crippen molar-refractivity contribution in [3.05, 3.63) is 22.4 Å². The number of thiophene rings is 1. The number of ether oxygens (including phenoxy) is 1. The van der Waals surface area contributed by atoms with Gasteiger partial charge in [0.05, 0.1) is 23.8 Å². The van der Waals surface area contributed by atoms with Crippen LogP contribution in [0.4, 0.5) is 0 Å². The van der Waals surface area contributed by atoms with Gasteiger partial charge in [0, 0.05) is 36.2 Å². The molecule has 5 nitrogen and oxygen atoms in total. The van der Waals surface area contributed by atoms with E-state index in [4.69, 9.17) is 4.74 Å². The number of carbonyl (C=O) groups is 2. The highest BCUT2D eigenvalue weighted by atomic mass is 32.1. The zero-order valence-electron chi connectivity index (χ0n) is 15.6. The smallest absolute Gasteiger partial charge is 0.254 e. The molecule has 0 unspecified atom stereocenters. The Balaban J connectivity index is 1.43. The van der Waals surface area contributed by atoms with Gasteiger partial charge in [0.25, 0.3) is 5.91 Å². The molecule has 1 spiro atoms. The first-order chi connectivity index (χ1) is 12.6. The molecule has 3 aliphatic rings. The summed E-state index contributed by atoms with van der Waals surface area (Å²) >= 11 is 1.55. The highest BCUT2D eigenvalue weighted by molar-refractivity contribution is 7.08. The first kappa shape index (κ1) is 18.0. The van der Waals surface area contributed by atoms with Crippen LogP contribution in [0, 0.1) is 17.8 Å². The molecule has 2 bridgehead atoms. The molecule has 0 aliphatic carbocycles. The Morgan fingerprint density at radius 1 is 1.42 bits per heavy atom. The third-order valence-electron chi connectivity index (χ3n) is 6.71. The average Bonchev–Trinajstić information content (AvgIpc) is 3.40. The van der Waals surface area contributed by atoms with E-state index < -0.39 is 0 Å². The van der Waals surface area contributed by atoms with E-state index in [0.717, 1.165) is 37.8 Å². The Morgan fingerprint density at radius 2 is 2.23 bits per heavy atom. The van der Waals surface area contributed by atoms with Crippen LogP contribution >= 0.6 is 11.3 Å². The molecule has 4 atom stereocenters. The van der Waals surface area contributed by atoms with Crippen molar-refractivity contribution in [1.29, 1.82) is 0 Å². The highest BCUT2D eigenvalue weighted by Gasteiger charge is 2.63. The van der Waals surface area contributed by atoms with E-state index in [-0.39, 0.29) is 29.4 Å². The predicted octanol–water partition coefficient (Wildman–Crippen LogP) is 2.92. The van der Waals surface area contributed by atoms with Gasteiger partial charge in [-0.25, -0.2) is 0 Å². The summed E-state index contributed by atoms with van der Waals surface area (Å²) in [6, 6.07) is 1.89. The van der Waals surface area contributed by atoms with Crippen LogP contribution in [0.15, 0.2) is 16.8 Å². The lowest BCUT2D eigenvalue weighted by molar-refractivity contribution is -0.125. The average molecular weight is 377 g/mol. The number of nitrogens with one attached hydrogen (secondary N) is 1. The van der Waals surface area contributed by atoms with Crippen molar-refractivity contribution in [2.45, 2.75) is 51.2 Å². The summed E-state index contributed by atoms with van der Waals surface area (Å²) in [7, 11) is 0. The number of rotatable bonds is 6. The molecule has 4 rings (SSSR count). The summed E-state index contributed by atoms with van der Waals surface area (Å²) in [6.07, 6.45) is 4.07. The number of likely N-dealkylation sites (tertiary alicyclic amines) is 1. The van der Waals surface area contributed by atoms with Crippen LogP contribution in [-0.2, 0) is 9.53 Å². The second kappa shape index (κ2) is 6.97. The lowest BCUT2D eigenvalue weighted by Crippen LogP contribution is -2.43. The molecule has 3 aliphatic heterocycles. The van der Waals surface area contributed by atoms with Crippen LogP contribution < -0.4 is 5.32 Å². The van der Waals surface area contributed by atoms with E-state index >= 15 is 0 Å². The van der Waals surface area contributed by atoms with Gasteiger partial charge in [-0.3, -0.25) is 9.59 Å². The molecule has 0 radical (unpaired) electrons. The van der Waals surface area contributed by atoms with Gasteiger partial charge in [-0.1, -0.05) is 13.8 Å². The Labute approximate surface area is 159 Å². The van der Waals surface area contributed by atoms with Crippen LogP contribution in [0.1, 0.15) is 49.9 Å². The van der Waals surface area contributed by atoms with E-state index in [2.05, 4.69) is 19.2 Å². The van der Waals surface area contributed by atoms with Gasteiger partial charge in [-0.15, -0.1) is 0 Å². The minimum atomic E-state index is -0.180. The monoisotopic (exact) mass is 376 g/mol. The van der Waals surface area contributed by atoms with Gasteiger partial charge >= 0.3 is 0 Å². The van der Waals surface area contributed by atoms with Crippen molar-refractivity contribution in [1.82, 2.24) is 10.2 Å². The number of amides is 2. The van der Waals surface area contributed by atoms with Crippen LogP contribution in [0.5, 0.6) is 0 Å². The van der Waals surface area contributed by atoms with E-state index in [0.29, 0.717) is 24.9 Å². The van der Waals surface area contributed by atoms with E-state index in [9.17, 15) is 9.59 Å². The normalized spacial score (nSPS) is 32.3. The number of nitrogens with zero attached hydrogens (tertiary/aromatic N) is 1. The standard InChI is InChI=1S/C20H28N2O3S/c1-3-13(4-2)18(23)21-9-15-16-10-22(19(24)14-6-8-26-11-14)12-20(16)7-5-17(15)25-20/h6,8,11,13,15-17H,3-5,7,9-10,12H2,1-2H3,(H,21,23)/t15-,16+,17+,20+/m0/s1. The number of carbonyl (C=O) groups excluding carboxylic acids is 2. The van der Waals surface area contributed by atoms with Gasteiger partial charge < -0.3 is 15.0 Å². The molecule has 26 heavy (non-hydrogen) atoms. The van der Waals surface area contributed by atoms with Crippen molar-refractivity contribution < 1.29 is 14.3 Å². The minimum Gasteiger partial charge on any atom is -0.369 e. The largest absolute Gasteiger partial charge is 0.369 e. The van der Waals surface area contributed by atoms with Gasteiger partial charge in [0.2, 0.25) is 5.91 Å². The molecular formula is C20H28N2O3S. The van der Waals surface area contributed by atoms with Crippen LogP contribution in [0.25, 0.3) is 0 Å². The van der Waals surface area contributed by atoms with Crippen molar-refractivity contribution in [3.63, 3.8) is 0 Å². The number of hydrogen-bond donors (Lipinski definition) is 1. The highest BCUT2D eigenvalue weighted by Crippen LogP contribution is 2.54. The lowest BCUT2D eigenvalue weighted by Gasteiger charge is -2.29. The van der Waals surface area contributed by atoms with E-state index in [1.807, 2.05) is 21.7 Å². The molecule has 4 heterocycles. The molecule has 142 valence electrons. The summed E-state index contributed by atoms with van der Waals surface area (Å²) in [4.78, 5) is 27.1. The maximum atomic E-state index is 12.8.